The largest absolute Gasteiger partial charge is 0.396 e. The van der Waals surface area contributed by atoms with Crippen LogP contribution in [0, 0.1) is 5.82 Å². The van der Waals surface area contributed by atoms with E-state index in [1.807, 2.05) is 0 Å². The molecule has 0 aliphatic carbocycles. The molecular weight excluding hydrogens is 368 g/mol. The van der Waals surface area contributed by atoms with Gasteiger partial charge in [-0.2, -0.15) is 0 Å². The van der Waals surface area contributed by atoms with Crippen molar-refractivity contribution in [1.29, 1.82) is 0 Å². The second-order valence-corrected chi connectivity index (χ2v) is 5.87. The molecule has 0 aromatic heterocycles. The van der Waals surface area contributed by atoms with E-state index in [0.29, 0.717) is 15.6 Å². The van der Waals surface area contributed by atoms with Crippen molar-refractivity contribution in [2.45, 2.75) is 6.42 Å². The van der Waals surface area contributed by atoms with Crippen LogP contribution < -0.4 is 5.73 Å². The van der Waals surface area contributed by atoms with Crippen molar-refractivity contribution < 1.29 is 9.18 Å². The molecule has 0 bridgehead atoms. The van der Waals surface area contributed by atoms with Gasteiger partial charge in [-0.25, -0.2) is 4.39 Å². The molecule has 6 heteroatoms. The molecule has 0 saturated carbocycles. The molecule has 2 aromatic carbocycles. The molecular formula is C14H9BrCl2FNO. The van der Waals surface area contributed by atoms with E-state index >= 15 is 0 Å². The van der Waals surface area contributed by atoms with Crippen molar-refractivity contribution in [2.24, 2.45) is 0 Å². The highest BCUT2D eigenvalue weighted by Crippen LogP contribution is 2.29. The van der Waals surface area contributed by atoms with E-state index in [-0.39, 0.29) is 33.8 Å². The predicted molar refractivity (Wildman–Crippen MR) is 83.0 cm³/mol. The van der Waals surface area contributed by atoms with Gasteiger partial charge in [-0.15, -0.1) is 0 Å². The first-order valence-corrected chi connectivity index (χ1v) is 7.15. The van der Waals surface area contributed by atoms with E-state index in [4.69, 9.17) is 28.9 Å². The van der Waals surface area contributed by atoms with Crippen molar-refractivity contribution in [3.8, 4) is 0 Å². The van der Waals surface area contributed by atoms with Gasteiger partial charge in [0.15, 0.2) is 5.78 Å². The van der Waals surface area contributed by atoms with Crippen molar-refractivity contribution >= 4 is 50.6 Å². The highest BCUT2D eigenvalue weighted by atomic mass is 79.9. The summed E-state index contributed by atoms with van der Waals surface area (Å²) in [5.74, 6) is -0.549. The number of benzene rings is 2. The monoisotopic (exact) mass is 375 g/mol. The standard InChI is InChI=1S/C14H9BrCl2FNO/c15-9-3-7(1-2-12(9)18)4-13(20)8-5-10(16)14(19)11(17)6-8/h1-3,5-6H,4,19H2. The maximum atomic E-state index is 13.1. The zero-order valence-corrected chi connectivity index (χ0v) is 13.2. The molecule has 0 atom stereocenters. The fraction of sp³-hybridized carbons (Fsp3) is 0.0714. The summed E-state index contributed by atoms with van der Waals surface area (Å²) in [6.07, 6.45) is 0.120. The third kappa shape index (κ3) is 3.32. The summed E-state index contributed by atoms with van der Waals surface area (Å²) in [5.41, 5.74) is 6.92. The molecule has 0 radical (unpaired) electrons. The summed E-state index contributed by atoms with van der Waals surface area (Å²) in [6, 6.07) is 7.37. The van der Waals surface area contributed by atoms with Crippen LogP contribution in [0.1, 0.15) is 15.9 Å². The zero-order chi connectivity index (χ0) is 14.9. The Morgan fingerprint density at radius 3 is 2.35 bits per heavy atom. The number of halogens is 4. The quantitative estimate of drug-likeness (QED) is 0.611. The third-order valence-corrected chi connectivity index (χ3v) is 3.98. The number of hydrogen-bond donors (Lipinski definition) is 1. The first kappa shape index (κ1) is 15.3. The predicted octanol–water partition coefficient (Wildman–Crippen LogP) is 4.90. The van der Waals surface area contributed by atoms with Crippen molar-refractivity contribution in [3.05, 3.63) is 61.8 Å². The summed E-state index contributed by atoms with van der Waals surface area (Å²) >= 11 is 14.9. The molecule has 104 valence electrons. The number of nitrogens with two attached hydrogens (primary N) is 1. The van der Waals surface area contributed by atoms with Gasteiger partial charge in [0.1, 0.15) is 5.82 Å². The van der Waals surface area contributed by atoms with Gasteiger partial charge >= 0.3 is 0 Å². The van der Waals surface area contributed by atoms with Crippen molar-refractivity contribution in [1.82, 2.24) is 0 Å². The van der Waals surface area contributed by atoms with E-state index < -0.39 is 0 Å². The highest BCUT2D eigenvalue weighted by Gasteiger charge is 2.12. The first-order valence-electron chi connectivity index (χ1n) is 5.60. The van der Waals surface area contributed by atoms with Crippen LogP contribution in [-0.2, 0) is 6.42 Å². The minimum absolute atomic E-state index is 0.120. The average Bonchev–Trinajstić information content (AvgIpc) is 2.39. The summed E-state index contributed by atoms with van der Waals surface area (Å²) in [7, 11) is 0. The Bertz CT molecular complexity index is 668. The zero-order valence-electron chi connectivity index (χ0n) is 10.1. The van der Waals surface area contributed by atoms with E-state index in [9.17, 15) is 9.18 Å². The van der Waals surface area contributed by atoms with Gasteiger partial charge < -0.3 is 5.73 Å². The average molecular weight is 377 g/mol. The molecule has 0 saturated heterocycles. The van der Waals surface area contributed by atoms with Crippen LogP contribution in [-0.4, -0.2) is 5.78 Å². The minimum Gasteiger partial charge on any atom is -0.396 e. The molecule has 0 unspecified atom stereocenters. The lowest BCUT2D eigenvalue weighted by Crippen LogP contribution is -2.05. The molecule has 2 rings (SSSR count). The maximum absolute atomic E-state index is 13.1. The highest BCUT2D eigenvalue weighted by molar-refractivity contribution is 9.10. The van der Waals surface area contributed by atoms with Gasteiger partial charge in [-0.3, -0.25) is 4.79 Å². The van der Waals surface area contributed by atoms with Crippen LogP contribution in [0.4, 0.5) is 10.1 Å². The molecule has 0 heterocycles. The molecule has 0 aliphatic rings. The number of anilines is 1. The number of ketones is 1. The Hall–Kier alpha value is -1.10. The minimum atomic E-state index is -0.375. The molecule has 2 nitrogen and oxygen atoms in total. The molecule has 0 amide bonds. The second-order valence-electron chi connectivity index (χ2n) is 4.20. The summed E-state index contributed by atoms with van der Waals surface area (Å²) in [5, 5.41) is 0.474. The number of carbonyl (C=O) groups is 1. The number of hydrogen-bond acceptors (Lipinski definition) is 2. The topological polar surface area (TPSA) is 43.1 Å². The van der Waals surface area contributed by atoms with Crippen LogP contribution in [0.25, 0.3) is 0 Å². The van der Waals surface area contributed by atoms with Gasteiger partial charge in [0.25, 0.3) is 0 Å². The van der Waals surface area contributed by atoms with Crippen LogP contribution in [0.3, 0.4) is 0 Å². The van der Waals surface area contributed by atoms with E-state index in [1.165, 1.54) is 18.2 Å². The maximum Gasteiger partial charge on any atom is 0.167 e. The van der Waals surface area contributed by atoms with Crippen molar-refractivity contribution in [3.63, 3.8) is 0 Å². The summed E-state index contributed by atoms with van der Waals surface area (Å²) < 4.78 is 13.4. The lowest BCUT2D eigenvalue weighted by molar-refractivity contribution is 0.0993. The molecule has 0 fully saturated rings. The first-order chi connectivity index (χ1) is 9.38. The summed E-state index contributed by atoms with van der Waals surface area (Å²) in [4.78, 5) is 12.2. The van der Waals surface area contributed by atoms with Crippen LogP contribution in [0.2, 0.25) is 10.0 Å². The SMILES string of the molecule is Nc1c(Cl)cc(C(=O)Cc2ccc(F)c(Br)c2)cc1Cl. The Labute approximate surface area is 133 Å². The number of nitrogen functional groups attached to an aromatic ring is 1. The fourth-order valence-electron chi connectivity index (χ4n) is 1.68. The number of Topliss-reactive ketones (excluding diaryl/α,β-unsaturated/α-hetero) is 1. The Morgan fingerprint density at radius 2 is 1.80 bits per heavy atom. The Morgan fingerprint density at radius 1 is 1.20 bits per heavy atom. The number of rotatable bonds is 3. The lowest BCUT2D eigenvalue weighted by atomic mass is 10.0. The fourth-order valence-corrected chi connectivity index (χ4v) is 2.60. The molecule has 20 heavy (non-hydrogen) atoms. The van der Waals surface area contributed by atoms with Gasteiger partial charge in [-0.05, 0) is 45.8 Å². The number of carbonyl (C=O) groups excluding carboxylic acids is 1. The Balaban J connectivity index is 2.26. The van der Waals surface area contributed by atoms with Crippen LogP contribution >= 0.6 is 39.1 Å². The molecule has 2 aromatic rings. The van der Waals surface area contributed by atoms with Crippen molar-refractivity contribution in [2.75, 3.05) is 5.73 Å². The normalized spacial score (nSPS) is 10.6. The van der Waals surface area contributed by atoms with Gasteiger partial charge in [0.05, 0.1) is 20.2 Å². The smallest absolute Gasteiger partial charge is 0.167 e. The lowest BCUT2D eigenvalue weighted by Gasteiger charge is -2.06. The van der Waals surface area contributed by atoms with E-state index in [2.05, 4.69) is 15.9 Å². The van der Waals surface area contributed by atoms with E-state index in [1.54, 1.807) is 12.1 Å². The van der Waals surface area contributed by atoms with Gasteiger partial charge in [-0.1, -0.05) is 29.3 Å². The molecule has 0 aliphatic heterocycles. The third-order valence-electron chi connectivity index (χ3n) is 2.75. The summed E-state index contributed by atoms with van der Waals surface area (Å²) in [6.45, 7) is 0. The Kier molecular flexibility index (Phi) is 4.68. The second kappa shape index (κ2) is 6.12. The van der Waals surface area contributed by atoms with Gasteiger partial charge in [0, 0.05) is 12.0 Å². The van der Waals surface area contributed by atoms with Crippen LogP contribution in [0.5, 0.6) is 0 Å². The molecule has 0 spiro atoms. The van der Waals surface area contributed by atoms with Crippen LogP contribution in [0.15, 0.2) is 34.8 Å². The van der Waals surface area contributed by atoms with E-state index in [0.717, 1.165) is 0 Å². The van der Waals surface area contributed by atoms with Gasteiger partial charge in [0.2, 0.25) is 0 Å². The molecule has 2 N–H and O–H groups in total.